The third-order valence-electron chi connectivity index (χ3n) is 5.68. The van der Waals surface area contributed by atoms with E-state index in [9.17, 15) is 20.2 Å². The van der Waals surface area contributed by atoms with Crippen molar-refractivity contribution in [2.24, 2.45) is 5.73 Å². The molecule has 0 unspecified atom stereocenters. The Morgan fingerprint density at radius 3 is 2.42 bits per heavy atom. The fraction of sp³-hybridized carbons (Fsp3) is 0.217. The van der Waals surface area contributed by atoms with E-state index in [2.05, 4.69) is 6.07 Å². The lowest BCUT2D eigenvalue weighted by molar-refractivity contribution is -0.384. The second-order valence-electron chi connectivity index (χ2n) is 7.36. The van der Waals surface area contributed by atoms with Crippen LogP contribution >= 0.6 is 11.8 Å². The zero-order valence-electron chi connectivity index (χ0n) is 16.9. The summed E-state index contributed by atoms with van der Waals surface area (Å²) in [6, 6.07) is 16.0. The summed E-state index contributed by atoms with van der Waals surface area (Å²) in [6.45, 7) is 0. The number of allylic oxidation sites excluding steroid dienone is 3. The van der Waals surface area contributed by atoms with Gasteiger partial charge in [0.15, 0.2) is 5.78 Å². The van der Waals surface area contributed by atoms with Gasteiger partial charge in [-0.25, -0.2) is 0 Å². The molecule has 2 aromatic carbocycles. The number of benzene rings is 2. The van der Waals surface area contributed by atoms with E-state index in [0.29, 0.717) is 36.1 Å². The lowest BCUT2D eigenvalue weighted by Gasteiger charge is -2.39. The number of hydrogen-bond donors (Lipinski definition) is 1. The summed E-state index contributed by atoms with van der Waals surface area (Å²) in [4.78, 5) is 26.4. The molecule has 1 heterocycles. The molecule has 2 aliphatic rings. The van der Waals surface area contributed by atoms with Crippen molar-refractivity contribution in [3.05, 3.63) is 86.9 Å². The van der Waals surface area contributed by atoms with Crippen LogP contribution in [-0.2, 0) is 4.79 Å². The number of ketones is 1. The molecule has 7 nitrogen and oxygen atoms in total. The summed E-state index contributed by atoms with van der Waals surface area (Å²) in [7, 11) is 0. The molecule has 0 saturated carbocycles. The van der Waals surface area contributed by atoms with E-state index in [1.54, 1.807) is 28.8 Å². The number of Topliss-reactive ketones (excluding diaryl/α,β-unsaturated/α-hetero) is 1. The van der Waals surface area contributed by atoms with Crippen LogP contribution in [0.4, 0.5) is 11.4 Å². The number of rotatable bonds is 4. The first-order valence-electron chi connectivity index (χ1n) is 9.80. The van der Waals surface area contributed by atoms with Crippen molar-refractivity contribution in [2.75, 3.05) is 11.2 Å². The van der Waals surface area contributed by atoms with Gasteiger partial charge in [0.2, 0.25) is 0 Å². The number of hydrogen-bond acceptors (Lipinski definition) is 7. The van der Waals surface area contributed by atoms with Gasteiger partial charge >= 0.3 is 0 Å². The molecule has 0 fully saturated rings. The van der Waals surface area contributed by atoms with Crippen LogP contribution in [0.15, 0.2) is 76.1 Å². The Labute approximate surface area is 184 Å². The molecule has 0 bridgehead atoms. The van der Waals surface area contributed by atoms with Crippen LogP contribution in [0.3, 0.4) is 0 Å². The Hall–Kier alpha value is -3.57. The van der Waals surface area contributed by atoms with Gasteiger partial charge in [0, 0.05) is 40.4 Å². The third kappa shape index (κ3) is 3.57. The minimum atomic E-state index is -0.516. The number of non-ortho nitro benzene ring substituents is 1. The summed E-state index contributed by atoms with van der Waals surface area (Å²) >= 11 is 1.62. The lowest BCUT2D eigenvalue weighted by Crippen LogP contribution is -2.38. The maximum atomic E-state index is 13.1. The molecule has 2 N–H and O–H groups in total. The number of carbonyl (C=O) groups is 1. The van der Waals surface area contributed by atoms with Gasteiger partial charge in [-0.15, -0.1) is 11.8 Å². The molecule has 0 spiro atoms. The van der Waals surface area contributed by atoms with Gasteiger partial charge in [-0.2, -0.15) is 5.26 Å². The second-order valence-corrected chi connectivity index (χ2v) is 8.24. The Kier molecular flexibility index (Phi) is 5.53. The molecule has 1 atom stereocenters. The van der Waals surface area contributed by atoms with Crippen molar-refractivity contribution < 1.29 is 9.72 Å². The average molecular weight is 433 g/mol. The zero-order chi connectivity index (χ0) is 22.1. The Bertz CT molecular complexity index is 1160. The fourth-order valence-electron chi connectivity index (χ4n) is 4.23. The number of nitro benzene ring substituents is 1. The van der Waals surface area contributed by atoms with Gasteiger partial charge in [-0.05, 0) is 48.9 Å². The first kappa shape index (κ1) is 20.7. The molecule has 0 radical (unpaired) electrons. The van der Waals surface area contributed by atoms with Crippen molar-refractivity contribution in [2.45, 2.75) is 30.1 Å². The highest BCUT2D eigenvalue weighted by molar-refractivity contribution is 7.98. The first-order valence-corrected chi connectivity index (χ1v) is 11.0. The molecule has 1 aliphatic carbocycles. The smallest absolute Gasteiger partial charge is 0.269 e. The summed E-state index contributed by atoms with van der Waals surface area (Å²) in [5, 5.41) is 21.0. The number of nitriles is 1. The highest BCUT2D eigenvalue weighted by atomic mass is 32.2. The molecule has 0 aromatic heterocycles. The number of carbonyl (C=O) groups excluding carboxylic acids is 1. The van der Waals surface area contributed by atoms with Crippen molar-refractivity contribution in [3.63, 3.8) is 0 Å². The first-order chi connectivity index (χ1) is 15.0. The van der Waals surface area contributed by atoms with Gasteiger partial charge in [0.05, 0.1) is 22.5 Å². The largest absolute Gasteiger partial charge is 0.384 e. The summed E-state index contributed by atoms with van der Waals surface area (Å²) in [6.07, 6.45) is 3.73. The van der Waals surface area contributed by atoms with Crippen molar-refractivity contribution >= 4 is 28.9 Å². The minimum absolute atomic E-state index is 0.00681. The van der Waals surface area contributed by atoms with Gasteiger partial charge in [0.25, 0.3) is 5.69 Å². The summed E-state index contributed by atoms with van der Waals surface area (Å²) in [5.74, 6) is -0.255. The molecule has 0 saturated heterocycles. The zero-order valence-corrected chi connectivity index (χ0v) is 17.7. The third-order valence-corrected chi connectivity index (χ3v) is 6.42. The topological polar surface area (TPSA) is 113 Å². The molecule has 31 heavy (non-hydrogen) atoms. The Morgan fingerprint density at radius 2 is 1.84 bits per heavy atom. The van der Waals surface area contributed by atoms with Crippen LogP contribution in [0.2, 0.25) is 0 Å². The molecule has 4 rings (SSSR count). The quantitative estimate of drug-likeness (QED) is 0.426. The van der Waals surface area contributed by atoms with Crippen LogP contribution in [0.5, 0.6) is 0 Å². The fourth-order valence-corrected chi connectivity index (χ4v) is 4.64. The van der Waals surface area contributed by atoms with E-state index < -0.39 is 10.8 Å². The molecule has 156 valence electrons. The molecule has 0 amide bonds. The molecular formula is C23H20N4O3S. The van der Waals surface area contributed by atoms with Gasteiger partial charge < -0.3 is 5.73 Å². The predicted octanol–water partition coefficient (Wildman–Crippen LogP) is 4.62. The summed E-state index contributed by atoms with van der Waals surface area (Å²) < 4.78 is 0. The van der Waals surface area contributed by atoms with E-state index >= 15 is 0 Å². The average Bonchev–Trinajstić information content (AvgIpc) is 2.78. The van der Waals surface area contributed by atoms with E-state index in [1.807, 2.05) is 30.5 Å². The van der Waals surface area contributed by atoms with Crippen molar-refractivity contribution in [1.29, 1.82) is 5.26 Å². The molecule has 8 heteroatoms. The summed E-state index contributed by atoms with van der Waals surface area (Å²) in [5.41, 5.74) is 9.57. The molecular weight excluding hydrogens is 412 g/mol. The van der Waals surface area contributed by atoms with Crippen molar-refractivity contribution in [1.82, 2.24) is 0 Å². The number of anilines is 1. The maximum Gasteiger partial charge on any atom is 0.269 e. The van der Waals surface area contributed by atoms with Crippen LogP contribution < -0.4 is 10.6 Å². The highest BCUT2D eigenvalue weighted by Gasteiger charge is 2.40. The minimum Gasteiger partial charge on any atom is -0.384 e. The standard InChI is InChI=1S/C23H20N4O3S/c1-31-17-11-5-14(6-12-17)21-18(13-24)23(25)26(19-3-2-4-20(28)22(19)21)15-7-9-16(10-8-15)27(29)30/h5-12,21H,2-4,25H2,1H3/t21-/m0/s1. The molecule has 1 aliphatic heterocycles. The highest BCUT2D eigenvalue weighted by Crippen LogP contribution is 2.46. The van der Waals surface area contributed by atoms with E-state index in [-0.39, 0.29) is 17.3 Å². The number of thioether (sulfide) groups is 1. The van der Waals surface area contributed by atoms with Gasteiger partial charge in [-0.1, -0.05) is 12.1 Å². The number of nitrogens with zero attached hydrogens (tertiary/aromatic N) is 3. The predicted molar refractivity (Wildman–Crippen MR) is 119 cm³/mol. The Morgan fingerprint density at radius 1 is 1.16 bits per heavy atom. The van der Waals surface area contributed by atoms with E-state index in [1.165, 1.54) is 12.1 Å². The lowest BCUT2D eigenvalue weighted by atomic mass is 9.75. The van der Waals surface area contributed by atoms with Gasteiger partial charge in [-0.3, -0.25) is 19.8 Å². The van der Waals surface area contributed by atoms with Crippen LogP contribution in [0.25, 0.3) is 0 Å². The maximum absolute atomic E-state index is 13.1. The Balaban J connectivity index is 1.89. The van der Waals surface area contributed by atoms with E-state index in [4.69, 9.17) is 5.73 Å². The van der Waals surface area contributed by atoms with Crippen LogP contribution in [0.1, 0.15) is 30.7 Å². The number of nitrogens with two attached hydrogens (primary N) is 1. The monoisotopic (exact) mass is 432 g/mol. The normalized spacial score (nSPS) is 18.6. The van der Waals surface area contributed by atoms with Crippen LogP contribution in [0, 0.1) is 21.4 Å². The second kappa shape index (κ2) is 8.28. The van der Waals surface area contributed by atoms with Gasteiger partial charge in [0.1, 0.15) is 5.82 Å². The van der Waals surface area contributed by atoms with Crippen LogP contribution in [-0.4, -0.2) is 17.0 Å². The molecule has 2 aromatic rings. The van der Waals surface area contributed by atoms with E-state index in [0.717, 1.165) is 16.2 Å². The SMILES string of the molecule is CSc1ccc([C@H]2C(C#N)=C(N)N(c3ccc([N+](=O)[O-])cc3)C3=C2C(=O)CCC3)cc1. The number of nitro groups is 1. The van der Waals surface area contributed by atoms with Crippen molar-refractivity contribution in [3.8, 4) is 6.07 Å².